The van der Waals surface area contributed by atoms with Crippen LogP contribution < -0.4 is 16.0 Å². The number of rotatable bonds is 7. The van der Waals surface area contributed by atoms with Gasteiger partial charge < -0.3 is 16.0 Å². The number of carbonyl (C=O) groups is 3. The minimum absolute atomic E-state index is 0.198. The first-order valence-corrected chi connectivity index (χ1v) is 11.8. The van der Waals surface area contributed by atoms with Gasteiger partial charge in [0, 0.05) is 46.9 Å². The van der Waals surface area contributed by atoms with Gasteiger partial charge in [0.1, 0.15) is 11.5 Å². The number of carbonyl (C=O) groups excluding carboxylic acids is 3. The van der Waals surface area contributed by atoms with E-state index in [-0.39, 0.29) is 17.6 Å². The number of nitrogens with zero attached hydrogens (tertiary/aromatic N) is 3. The van der Waals surface area contributed by atoms with Crippen molar-refractivity contribution in [2.24, 2.45) is 0 Å². The number of H-pyrrole nitrogens is 1. The first-order chi connectivity index (χ1) is 17.8. The molecular weight excluding hydrogens is 470 g/mol. The van der Waals surface area contributed by atoms with E-state index < -0.39 is 0 Å². The summed E-state index contributed by atoms with van der Waals surface area (Å²) in [5.41, 5.74) is 5.21. The van der Waals surface area contributed by atoms with Crippen LogP contribution in [0.3, 0.4) is 0 Å². The molecule has 0 saturated carbocycles. The highest BCUT2D eigenvalue weighted by Crippen LogP contribution is 2.33. The van der Waals surface area contributed by atoms with E-state index in [0.717, 1.165) is 11.4 Å². The summed E-state index contributed by atoms with van der Waals surface area (Å²) >= 11 is 0. The summed E-state index contributed by atoms with van der Waals surface area (Å²) in [5, 5.41) is 19.9. The topological polar surface area (TPSA) is 134 Å². The maximum absolute atomic E-state index is 13.2. The predicted molar refractivity (Wildman–Crippen MR) is 140 cm³/mol. The third-order valence-electron chi connectivity index (χ3n) is 5.98. The number of hydrogen-bond donors (Lipinski definition) is 4. The lowest BCUT2D eigenvalue weighted by Gasteiger charge is -2.08. The molecule has 2 amide bonds. The maximum atomic E-state index is 13.2. The van der Waals surface area contributed by atoms with E-state index in [1.165, 1.54) is 0 Å². The van der Waals surface area contributed by atoms with Gasteiger partial charge in [-0.25, -0.2) is 0 Å². The van der Waals surface area contributed by atoms with Crippen molar-refractivity contribution in [1.82, 2.24) is 20.0 Å². The van der Waals surface area contributed by atoms with Gasteiger partial charge in [0.15, 0.2) is 5.78 Å². The van der Waals surface area contributed by atoms with Crippen LogP contribution in [0.4, 0.5) is 17.2 Å². The van der Waals surface area contributed by atoms with Crippen LogP contribution in [-0.4, -0.2) is 37.6 Å². The van der Waals surface area contributed by atoms with Crippen LogP contribution in [0.2, 0.25) is 0 Å². The SMILES string of the molecule is CCn1nc(C)cc1C(=O)Nc1ccc(C(=O)c2ccc3c(c2)C(=CNc2cc(C)n[nH]2)C(=O)N3)cc1. The molecule has 5 rings (SSSR count). The van der Waals surface area contributed by atoms with Gasteiger partial charge in [-0.15, -0.1) is 0 Å². The first-order valence-electron chi connectivity index (χ1n) is 11.8. The molecule has 37 heavy (non-hydrogen) atoms. The number of ketones is 1. The molecule has 1 aliphatic rings. The van der Waals surface area contributed by atoms with Crippen LogP contribution in [-0.2, 0) is 11.3 Å². The van der Waals surface area contributed by atoms with E-state index in [1.54, 1.807) is 59.4 Å². The van der Waals surface area contributed by atoms with Crippen LogP contribution in [0.15, 0.2) is 60.8 Å². The Morgan fingerprint density at radius 3 is 2.46 bits per heavy atom. The van der Waals surface area contributed by atoms with Gasteiger partial charge in [-0.2, -0.15) is 10.2 Å². The fraction of sp³-hybridized carbons (Fsp3) is 0.148. The molecule has 0 bridgehead atoms. The Bertz CT molecular complexity index is 1560. The number of aromatic amines is 1. The second-order valence-electron chi connectivity index (χ2n) is 8.69. The lowest BCUT2D eigenvalue weighted by Crippen LogP contribution is -2.17. The molecule has 10 heteroatoms. The first kappa shape index (κ1) is 23.7. The number of fused-ring (bicyclic) bond motifs is 1. The Balaban J connectivity index is 1.33. The second-order valence-corrected chi connectivity index (χ2v) is 8.69. The smallest absolute Gasteiger partial charge is 0.273 e. The monoisotopic (exact) mass is 495 g/mol. The number of anilines is 3. The quantitative estimate of drug-likeness (QED) is 0.225. The molecule has 0 fully saturated rings. The van der Waals surface area contributed by atoms with Gasteiger partial charge >= 0.3 is 0 Å². The van der Waals surface area contributed by atoms with E-state index in [2.05, 4.69) is 31.2 Å². The van der Waals surface area contributed by atoms with Gasteiger partial charge in [0.2, 0.25) is 0 Å². The van der Waals surface area contributed by atoms with E-state index >= 15 is 0 Å². The summed E-state index contributed by atoms with van der Waals surface area (Å²) in [6.45, 7) is 6.20. The molecule has 4 aromatic rings. The zero-order valence-electron chi connectivity index (χ0n) is 20.5. The zero-order chi connectivity index (χ0) is 26.1. The lowest BCUT2D eigenvalue weighted by atomic mass is 9.98. The summed E-state index contributed by atoms with van der Waals surface area (Å²) < 4.78 is 1.64. The molecule has 0 unspecified atom stereocenters. The van der Waals surface area contributed by atoms with Crippen molar-refractivity contribution in [1.29, 1.82) is 0 Å². The van der Waals surface area contributed by atoms with Crippen LogP contribution in [0.1, 0.15) is 50.3 Å². The highest BCUT2D eigenvalue weighted by atomic mass is 16.2. The molecule has 4 N–H and O–H groups in total. The van der Waals surface area contributed by atoms with Gasteiger partial charge in [-0.1, -0.05) is 0 Å². The van der Waals surface area contributed by atoms with Crippen molar-refractivity contribution in [2.75, 3.05) is 16.0 Å². The van der Waals surface area contributed by atoms with Gasteiger partial charge in [-0.05, 0) is 69.3 Å². The van der Waals surface area contributed by atoms with Crippen molar-refractivity contribution in [3.8, 4) is 0 Å². The summed E-state index contributed by atoms with van der Waals surface area (Å²) in [4.78, 5) is 38.4. The van der Waals surface area contributed by atoms with E-state index in [0.29, 0.717) is 51.7 Å². The van der Waals surface area contributed by atoms with Crippen molar-refractivity contribution in [3.63, 3.8) is 0 Å². The van der Waals surface area contributed by atoms with Crippen LogP contribution in [0.25, 0.3) is 5.57 Å². The number of hydrogen-bond acceptors (Lipinski definition) is 6. The molecule has 2 aromatic carbocycles. The van der Waals surface area contributed by atoms with Crippen molar-refractivity contribution in [3.05, 3.63) is 94.6 Å². The van der Waals surface area contributed by atoms with Crippen molar-refractivity contribution in [2.45, 2.75) is 27.3 Å². The molecule has 0 aliphatic carbocycles. The molecule has 0 saturated heterocycles. The predicted octanol–water partition coefficient (Wildman–Crippen LogP) is 4.13. The van der Waals surface area contributed by atoms with Crippen molar-refractivity contribution >= 4 is 40.4 Å². The van der Waals surface area contributed by atoms with E-state index in [1.807, 2.05) is 26.8 Å². The third-order valence-corrected chi connectivity index (χ3v) is 5.98. The third kappa shape index (κ3) is 4.76. The van der Waals surface area contributed by atoms with Crippen molar-refractivity contribution < 1.29 is 14.4 Å². The average Bonchev–Trinajstić information content (AvgIpc) is 3.58. The van der Waals surface area contributed by atoms with Gasteiger partial charge in [0.25, 0.3) is 11.8 Å². The Hall–Kier alpha value is -4.99. The minimum Gasteiger partial charge on any atom is -0.346 e. The molecule has 1 aliphatic heterocycles. The summed E-state index contributed by atoms with van der Waals surface area (Å²) in [6.07, 6.45) is 1.59. The minimum atomic E-state index is -0.268. The number of aromatic nitrogens is 4. The number of nitrogens with one attached hydrogen (secondary N) is 4. The number of amides is 2. The largest absolute Gasteiger partial charge is 0.346 e. The maximum Gasteiger partial charge on any atom is 0.273 e. The van der Waals surface area contributed by atoms with Gasteiger partial charge in [0.05, 0.1) is 17.0 Å². The molecule has 0 atom stereocenters. The molecule has 3 heterocycles. The number of benzene rings is 2. The zero-order valence-corrected chi connectivity index (χ0v) is 20.5. The highest BCUT2D eigenvalue weighted by Gasteiger charge is 2.25. The standard InChI is InChI=1S/C27H25N7O3/c1-4-34-23(11-16(3)33-34)27(37)29-19-8-5-17(6-9-19)25(35)18-7-10-22-20(13-18)21(26(36)30-22)14-28-24-12-15(2)31-32-24/h5-14H,4H2,1-3H3,(H,29,37)(H,30,36)(H2,28,31,32). The molecule has 2 aromatic heterocycles. The second kappa shape index (κ2) is 9.57. The Morgan fingerprint density at radius 1 is 1.00 bits per heavy atom. The van der Waals surface area contributed by atoms with Crippen LogP contribution >= 0.6 is 0 Å². The fourth-order valence-corrected chi connectivity index (χ4v) is 4.15. The average molecular weight is 496 g/mol. The van der Waals surface area contributed by atoms with E-state index in [9.17, 15) is 14.4 Å². The number of aryl methyl sites for hydroxylation is 3. The molecule has 0 spiro atoms. The molecule has 10 nitrogen and oxygen atoms in total. The summed E-state index contributed by atoms with van der Waals surface area (Å²) in [5.74, 6) is -0.0743. The molecular formula is C27H25N7O3. The molecule has 0 radical (unpaired) electrons. The Morgan fingerprint density at radius 2 is 1.76 bits per heavy atom. The highest BCUT2D eigenvalue weighted by molar-refractivity contribution is 6.32. The normalized spacial score (nSPS) is 13.4. The Kier molecular flexibility index (Phi) is 6.14. The molecule has 186 valence electrons. The summed E-state index contributed by atoms with van der Waals surface area (Å²) in [7, 11) is 0. The van der Waals surface area contributed by atoms with Crippen LogP contribution in [0, 0.1) is 13.8 Å². The fourth-order valence-electron chi connectivity index (χ4n) is 4.15. The lowest BCUT2D eigenvalue weighted by molar-refractivity contribution is -0.110. The summed E-state index contributed by atoms with van der Waals surface area (Å²) in [6, 6.07) is 15.3. The Labute approximate surface area is 212 Å². The van der Waals surface area contributed by atoms with Gasteiger partial charge in [-0.3, -0.25) is 24.2 Å². The van der Waals surface area contributed by atoms with E-state index in [4.69, 9.17) is 0 Å². The van der Waals surface area contributed by atoms with Crippen LogP contribution in [0.5, 0.6) is 0 Å².